The van der Waals surface area contributed by atoms with Crippen molar-refractivity contribution in [1.29, 1.82) is 5.26 Å². The average molecular weight is 441 g/mol. The second-order valence-electron chi connectivity index (χ2n) is 6.88. The van der Waals surface area contributed by atoms with E-state index in [4.69, 9.17) is 16.3 Å². The van der Waals surface area contributed by atoms with E-state index in [2.05, 4.69) is 40.3 Å². The molecule has 0 saturated heterocycles. The fraction of sp³-hybridized carbons (Fsp3) is 0.304. The number of hydrogen-bond donors (Lipinski definition) is 1. The third-order valence-electron chi connectivity index (χ3n) is 4.97. The highest BCUT2D eigenvalue weighted by Crippen LogP contribution is 2.32. The molecule has 0 aliphatic rings. The van der Waals surface area contributed by atoms with E-state index in [1.807, 2.05) is 37.5 Å². The first kappa shape index (κ1) is 22.1. The molecule has 0 saturated carbocycles. The zero-order valence-electron chi connectivity index (χ0n) is 17.4. The number of nitrogens with zero attached hydrogens (tertiary/aromatic N) is 3. The number of nitrogens with one attached hydrogen (secondary N) is 1. The summed E-state index contributed by atoms with van der Waals surface area (Å²) in [4.78, 5) is 9.07. The Labute approximate surface area is 186 Å². The number of likely N-dealkylation sites (N-methyl/N-ethyl adjacent to an activating group) is 1. The van der Waals surface area contributed by atoms with Crippen LogP contribution in [-0.2, 0) is 6.54 Å². The molecule has 1 N–H and O–H groups in total. The second-order valence-corrected chi connectivity index (χ2v) is 8.45. The lowest BCUT2D eigenvalue weighted by atomic mass is 10.1. The highest BCUT2D eigenvalue weighted by atomic mass is 35.5. The van der Waals surface area contributed by atoms with E-state index in [9.17, 15) is 5.26 Å². The van der Waals surface area contributed by atoms with Gasteiger partial charge in [-0.25, -0.2) is 4.98 Å². The van der Waals surface area contributed by atoms with Crippen LogP contribution in [0.1, 0.15) is 23.8 Å². The van der Waals surface area contributed by atoms with Gasteiger partial charge in [0, 0.05) is 45.9 Å². The molecule has 0 fully saturated rings. The number of rotatable bonds is 9. The highest BCUT2D eigenvalue weighted by molar-refractivity contribution is 7.15. The van der Waals surface area contributed by atoms with Crippen molar-refractivity contribution in [2.24, 2.45) is 0 Å². The smallest absolute Gasteiger partial charge is 0.212 e. The molecule has 7 heteroatoms. The molecule has 3 rings (SSSR count). The Morgan fingerprint density at radius 3 is 2.70 bits per heavy atom. The third-order valence-corrected chi connectivity index (χ3v) is 6.41. The molecule has 0 bridgehead atoms. The van der Waals surface area contributed by atoms with Gasteiger partial charge in [-0.3, -0.25) is 0 Å². The Morgan fingerprint density at radius 2 is 2.10 bits per heavy atom. The van der Waals surface area contributed by atoms with Gasteiger partial charge in [-0.1, -0.05) is 18.5 Å². The van der Waals surface area contributed by atoms with E-state index < -0.39 is 0 Å². The molecule has 1 aromatic carbocycles. The molecule has 30 heavy (non-hydrogen) atoms. The number of nitriles is 1. The van der Waals surface area contributed by atoms with E-state index in [1.54, 1.807) is 24.5 Å². The SMILES string of the molecule is CCC(CNC)N(Cc1ccc(-c2ccc(OC)nc2)s1)c1ccc(C#N)c(Cl)c1. The van der Waals surface area contributed by atoms with Gasteiger partial charge in [0.15, 0.2) is 0 Å². The Morgan fingerprint density at radius 1 is 1.27 bits per heavy atom. The fourth-order valence-electron chi connectivity index (χ4n) is 3.35. The number of hydrogen-bond acceptors (Lipinski definition) is 6. The summed E-state index contributed by atoms with van der Waals surface area (Å²) in [6.07, 6.45) is 2.82. The first-order chi connectivity index (χ1) is 14.6. The monoisotopic (exact) mass is 440 g/mol. The minimum absolute atomic E-state index is 0.298. The summed E-state index contributed by atoms with van der Waals surface area (Å²) < 4.78 is 5.15. The number of anilines is 1. The van der Waals surface area contributed by atoms with Crippen LogP contribution in [0.3, 0.4) is 0 Å². The standard InChI is InChI=1S/C23H25ClN4OS/c1-4-18(14-26-2)28(19-7-5-16(12-25)21(24)11-19)15-20-8-9-22(30-20)17-6-10-23(29-3)27-13-17/h5-11,13,18,26H,4,14-15H2,1-3H3. The summed E-state index contributed by atoms with van der Waals surface area (Å²) in [7, 11) is 3.58. The Balaban J connectivity index is 1.88. The molecule has 0 amide bonds. The van der Waals surface area contributed by atoms with Crippen LogP contribution in [0.4, 0.5) is 5.69 Å². The van der Waals surface area contributed by atoms with Crippen LogP contribution < -0.4 is 15.0 Å². The molecule has 3 aromatic rings. The van der Waals surface area contributed by atoms with Gasteiger partial charge in [0.2, 0.25) is 5.88 Å². The van der Waals surface area contributed by atoms with Crippen molar-refractivity contribution in [2.75, 3.05) is 25.6 Å². The molecular formula is C23H25ClN4OS. The van der Waals surface area contributed by atoms with Gasteiger partial charge in [-0.05, 0) is 49.9 Å². The van der Waals surface area contributed by atoms with E-state index in [0.29, 0.717) is 22.5 Å². The highest BCUT2D eigenvalue weighted by Gasteiger charge is 2.19. The lowest BCUT2D eigenvalue weighted by molar-refractivity contribution is 0.398. The molecule has 0 spiro atoms. The molecule has 5 nitrogen and oxygen atoms in total. The summed E-state index contributed by atoms with van der Waals surface area (Å²) in [5.41, 5.74) is 2.58. The summed E-state index contributed by atoms with van der Waals surface area (Å²) in [5, 5.41) is 13.0. The maximum absolute atomic E-state index is 9.20. The van der Waals surface area contributed by atoms with Gasteiger partial charge in [-0.2, -0.15) is 5.26 Å². The van der Waals surface area contributed by atoms with Crippen LogP contribution in [0.5, 0.6) is 5.88 Å². The van der Waals surface area contributed by atoms with Gasteiger partial charge in [0.05, 0.1) is 24.2 Å². The molecular weight excluding hydrogens is 416 g/mol. The van der Waals surface area contributed by atoms with E-state index in [1.165, 1.54) is 9.75 Å². The largest absolute Gasteiger partial charge is 0.481 e. The lowest BCUT2D eigenvalue weighted by Crippen LogP contribution is -2.40. The zero-order chi connectivity index (χ0) is 21.5. The number of benzene rings is 1. The van der Waals surface area contributed by atoms with Crippen molar-refractivity contribution in [3.63, 3.8) is 0 Å². The maximum atomic E-state index is 9.20. The van der Waals surface area contributed by atoms with Crippen molar-refractivity contribution >= 4 is 28.6 Å². The summed E-state index contributed by atoms with van der Waals surface area (Å²) in [6, 6.07) is 16.3. The van der Waals surface area contributed by atoms with Crippen LogP contribution in [-0.4, -0.2) is 31.7 Å². The van der Waals surface area contributed by atoms with Crippen molar-refractivity contribution in [1.82, 2.24) is 10.3 Å². The minimum atomic E-state index is 0.298. The number of halogens is 1. The zero-order valence-corrected chi connectivity index (χ0v) is 18.9. The average Bonchev–Trinajstić information content (AvgIpc) is 3.25. The number of aromatic nitrogens is 1. The van der Waals surface area contributed by atoms with Crippen molar-refractivity contribution in [3.05, 3.63) is 64.1 Å². The molecule has 156 valence electrons. The van der Waals surface area contributed by atoms with Gasteiger partial charge >= 0.3 is 0 Å². The van der Waals surface area contributed by atoms with Gasteiger partial charge in [-0.15, -0.1) is 11.3 Å². The quantitative estimate of drug-likeness (QED) is 0.486. The van der Waals surface area contributed by atoms with Crippen LogP contribution in [0.15, 0.2) is 48.7 Å². The Bertz CT molecular complexity index is 1010. The Hall–Kier alpha value is -2.59. The fourth-order valence-corrected chi connectivity index (χ4v) is 4.56. The Kier molecular flexibility index (Phi) is 7.69. The van der Waals surface area contributed by atoms with E-state index in [-0.39, 0.29) is 0 Å². The molecule has 0 aliphatic heterocycles. The number of ether oxygens (including phenoxy) is 1. The summed E-state index contributed by atoms with van der Waals surface area (Å²) >= 11 is 8.08. The van der Waals surface area contributed by atoms with Gasteiger partial charge in [0.25, 0.3) is 0 Å². The predicted molar refractivity (Wildman–Crippen MR) is 124 cm³/mol. The van der Waals surface area contributed by atoms with Crippen molar-refractivity contribution < 1.29 is 4.74 Å². The molecule has 0 aliphatic carbocycles. The molecule has 0 radical (unpaired) electrons. The van der Waals surface area contributed by atoms with Crippen LogP contribution in [0, 0.1) is 11.3 Å². The summed E-state index contributed by atoms with van der Waals surface area (Å²) in [6.45, 7) is 3.80. The first-order valence-electron chi connectivity index (χ1n) is 9.79. The van der Waals surface area contributed by atoms with Crippen molar-refractivity contribution in [3.8, 4) is 22.4 Å². The van der Waals surface area contributed by atoms with Crippen LogP contribution in [0.2, 0.25) is 5.02 Å². The first-order valence-corrected chi connectivity index (χ1v) is 11.0. The van der Waals surface area contributed by atoms with Gasteiger partial charge < -0.3 is 15.0 Å². The summed E-state index contributed by atoms with van der Waals surface area (Å²) in [5.74, 6) is 0.609. The topological polar surface area (TPSA) is 61.2 Å². The minimum Gasteiger partial charge on any atom is -0.481 e. The number of methoxy groups -OCH3 is 1. The normalized spacial score (nSPS) is 11.7. The predicted octanol–water partition coefficient (Wildman–Crippen LogP) is 5.35. The van der Waals surface area contributed by atoms with E-state index in [0.717, 1.165) is 30.8 Å². The maximum Gasteiger partial charge on any atom is 0.212 e. The van der Waals surface area contributed by atoms with Gasteiger partial charge in [0.1, 0.15) is 6.07 Å². The van der Waals surface area contributed by atoms with Crippen LogP contribution in [0.25, 0.3) is 10.4 Å². The number of thiophene rings is 1. The van der Waals surface area contributed by atoms with E-state index >= 15 is 0 Å². The molecule has 1 unspecified atom stereocenters. The third kappa shape index (κ3) is 5.11. The van der Waals surface area contributed by atoms with Crippen LogP contribution >= 0.6 is 22.9 Å². The molecule has 1 atom stereocenters. The molecule has 2 heterocycles. The lowest BCUT2D eigenvalue weighted by Gasteiger charge is -2.33. The molecule has 2 aromatic heterocycles. The number of pyridine rings is 1. The second kappa shape index (κ2) is 10.4. The van der Waals surface area contributed by atoms with Crippen molar-refractivity contribution in [2.45, 2.75) is 25.9 Å².